The van der Waals surface area contributed by atoms with Crippen molar-refractivity contribution in [3.63, 3.8) is 0 Å². The van der Waals surface area contributed by atoms with Gasteiger partial charge in [0.25, 0.3) is 11.5 Å². The van der Waals surface area contributed by atoms with Gasteiger partial charge in [0.05, 0.1) is 24.9 Å². The fourth-order valence-corrected chi connectivity index (χ4v) is 4.15. The number of ether oxygens (including phenoxy) is 2. The van der Waals surface area contributed by atoms with Crippen LogP contribution >= 0.6 is 0 Å². The Kier molecular flexibility index (Phi) is 6.54. The number of hydrogen-bond donors (Lipinski definition) is 2. The molecule has 0 fully saturated rings. The minimum absolute atomic E-state index is 0.110. The lowest BCUT2D eigenvalue weighted by Crippen LogP contribution is -2.39. The molecule has 2 N–H and O–H groups in total. The summed E-state index contributed by atoms with van der Waals surface area (Å²) in [6.07, 6.45) is 3.32. The first-order valence-electron chi connectivity index (χ1n) is 11.2. The summed E-state index contributed by atoms with van der Waals surface area (Å²) in [7, 11) is 1.51. The molecule has 3 heterocycles. The predicted molar refractivity (Wildman–Crippen MR) is 130 cm³/mol. The molecule has 1 aliphatic heterocycles. The second-order valence-corrected chi connectivity index (χ2v) is 8.59. The third-order valence-corrected chi connectivity index (χ3v) is 5.89. The van der Waals surface area contributed by atoms with Crippen LogP contribution in [0.4, 0.5) is 5.69 Å². The van der Waals surface area contributed by atoms with Crippen molar-refractivity contribution in [2.45, 2.75) is 40.3 Å². The Hall–Kier alpha value is -3.88. The summed E-state index contributed by atoms with van der Waals surface area (Å²) in [5, 5.41) is 2.90. The normalized spacial score (nSPS) is 12.8. The van der Waals surface area contributed by atoms with Crippen LogP contribution in [0, 0.1) is 13.8 Å². The van der Waals surface area contributed by atoms with E-state index in [2.05, 4.69) is 39.0 Å². The molecule has 0 saturated heterocycles. The lowest BCUT2D eigenvalue weighted by Gasteiger charge is -2.35. The number of fused-ring (bicyclic) bond motifs is 1. The van der Waals surface area contributed by atoms with Gasteiger partial charge in [0.1, 0.15) is 6.61 Å². The molecular formula is C25H29N5O4. The van der Waals surface area contributed by atoms with Crippen LogP contribution in [-0.4, -0.2) is 47.2 Å². The molecule has 1 amide bonds. The molecule has 0 bridgehead atoms. The molecule has 34 heavy (non-hydrogen) atoms. The van der Waals surface area contributed by atoms with Crippen molar-refractivity contribution in [2.24, 2.45) is 0 Å². The Bertz CT molecular complexity index is 1270. The van der Waals surface area contributed by atoms with E-state index < -0.39 is 0 Å². The van der Waals surface area contributed by atoms with Crippen LogP contribution in [0.2, 0.25) is 0 Å². The predicted octanol–water partition coefficient (Wildman–Crippen LogP) is 2.99. The molecule has 0 radical (unpaired) electrons. The van der Waals surface area contributed by atoms with Crippen molar-refractivity contribution in [3.8, 4) is 22.9 Å². The highest BCUT2D eigenvalue weighted by Gasteiger charge is 2.27. The molecule has 1 aliphatic rings. The zero-order valence-corrected chi connectivity index (χ0v) is 20.1. The maximum atomic E-state index is 13.4. The maximum Gasteiger partial charge on any atom is 0.316 e. The molecule has 0 unspecified atom stereocenters. The molecule has 4 rings (SSSR count). The van der Waals surface area contributed by atoms with Gasteiger partial charge in [-0.25, -0.2) is 9.97 Å². The van der Waals surface area contributed by atoms with Crippen molar-refractivity contribution >= 4 is 11.6 Å². The standard InChI is InChI=1S/C25H29N5O4/c1-14(2)30-6-7-34-22-19(23(31)26-13-20-15(3)8-16(4)29-24(20)32)9-17(10-21(22)30)18-11-27-25(33-5)28-12-18/h8-12,14H,6-7,13H2,1-5H3,(H,26,31)(H,29,32). The highest BCUT2D eigenvalue weighted by Crippen LogP contribution is 2.40. The van der Waals surface area contributed by atoms with E-state index in [0.29, 0.717) is 30.0 Å². The lowest BCUT2D eigenvalue weighted by molar-refractivity contribution is 0.0946. The minimum atomic E-state index is -0.322. The first-order valence-corrected chi connectivity index (χ1v) is 11.2. The molecule has 9 nitrogen and oxygen atoms in total. The fourth-order valence-electron chi connectivity index (χ4n) is 4.15. The zero-order chi connectivity index (χ0) is 24.4. The third kappa shape index (κ3) is 4.59. The molecule has 2 aromatic heterocycles. The Balaban J connectivity index is 1.73. The number of hydrogen-bond acceptors (Lipinski definition) is 7. The summed E-state index contributed by atoms with van der Waals surface area (Å²) < 4.78 is 11.0. The summed E-state index contributed by atoms with van der Waals surface area (Å²) in [5.41, 5.74) is 4.70. The molecule has 1 aromatic carbocycles. The largest absolute Gasteiger partial charge is 0.489 e. The van der Waals surface area contributed by atoms with E-state index in [0.717, 1.165) is 28.1 Å². The first-order chi connectivity index (χ1) is 16.3. The SMILES string of the molecule is COc1ncc(-c2cc(C(=O)NCc3c(C)cc(C)[nH]c3=O)c3c(c2)N(C(C)C)CCO3)cn1. The summed E-state index contributed by atoms with van der Waals surface area (Å²) in [4.78, 5) is 39.2. The van der Waals surface area contributed by atoms with Gasteiger partial charge in [-0.15, -0.1) is 0 Å². The number of aryl methyl sites for hydroxylation is 2. The molecule has 3 aromatic rings. The van der Waals surface area contributed by atoms with Gasteiger partial charge in [-0.3, -0.25) is 9.59 Å². The Morgan fingerprint density at radius 1 is 1.21 bits per heavy atom. The van der Waals surface area contributed by atoms with E-state index in [4.69, 9.17) is 9.47 Å². The van der Waals surface area contributed by atoms with Gasteiger partial charge >= 0.3 is 6.01 Å². The van der Waals surface area contributed by atoms with E-state index >= 15 is 0 Å². The fraction of sp³-hybridized carbons (Fsp3) is 0.360. The van der Waals surface area contributed by atoms with Gasteiger partial charge in [0, 0.05) is 41.8 Å². The second kappa shape index (κ2) is 9.54. The van der Waals surface area contributed by atoms with E-state index in [1.807, 2.05) is 26.0 Å². The number of benzene rings is 1. The van der Waals surface area contributed by atoms with E-state index in [-0.39, 0.29) is 30.1 Å². The number of amides is 1. The number of carbonyl (C=O) groups excluding carboxylic acids is 1. The van der Waals surface area contributed by atoms with Gasteiger partial charge in [-0.2, -0.15) is 0 Å². The van der Waals surface area contributed by atoms with Crippen LogP contribution in [0.15, 0.2) is 35.4 Å². The monoisotopic (exact) mass is 463 g/mol. The minimum Gasteiger partial charge on any atom is -0.489 e. The summed E-state index contributed by atoms with van der Waals surface area (Å²) in [6, 6.07) is 6.14. The number of pyridine rings is 1. The van der Waals surface area contributed by atoms with Crippen LogP contribution < -0.4 is 25.2 Å². The number of aromatic nitrogens is 3. The Morgan fingerprint density at radius 2 is 1.94 bits per heavy atom. The van der Waals surface area contributed by atoms with Crippen molar-refractivity contribution in [2.75, 3.05) is 25.2 Å². The molecular weight excluding hydrogens is 434 g/mol. The number of anilines is 1. The Labute approximate surface area is 198 Å². The van der Waals surface area contributed by atoms with Gasteiger partial charge in [0.15, 0.2) is 5.75 Å². The summed E-state index contributed by atoms with van der Waals surface area (Å²) in [6.45, 7) is 9.20. The first kappa shape index (κ1) is 23.3. The van der Waals surface area contributed by atoms with Crippen LogP contribution in [0.25, 0.3) is 11.1 Å². The van der Waals surface area contributed by atoms with Crippen molar-refractivity contribution in [1.29, 1.82) is 0 Å². The van der Waals surface area contributed by atoms with Gasteiger partial charge in [-0.05, 0) is 57.0 Å². The lowest BCUT2D eigenvalue weighted by atomic mass is 10.0. The summed E-state index contributed by atoms with van der Waals surface area (Å²) >= 11 is 0. The molecule has 9 heteroatoms. The van der Waals surface area contributed by atoms with E-state index in [1.54, 1.807) is 18.5 Å². The van der Waals surface area contributed by atoms with Crippen molar-refractivity contribution in [3.05, 3.63) is 63.3 Å². The molecule has 0 saturated carbocycles. The van der Waals surface area contributed by atoms with Crippen LogP contribution in [-0.2, 0) is 6.54 Å². The van der Waals surface area contributed by atoms with Crippen molar-refractivity contribution < 1.29 is 14.3 Å². The topological polar surface area (TPSA) is 109 Å². The molecule has 178 valence electrons. The number of aromatic amines is 1. The average Bonchev–Trinajstić information content (AvgIpc) is 2.82. The maximum absolute atomic E-state index is 13.4. The number of rotatable bonds is 6. The average molecular weight is 464 g/mol. The third-order valence-electron chi connectivity index (χ3n) is 5.89. The van der Waals surface area contributed by atoms with Crippen molar-refractivity contribution in [1.82, 2.24) is 20.3 Å². The molecule has 0 aliphatic carbocycles. The van der Waals surface area contributed by atoms with Crippen LogP contribution in [0.5, 0.6) is 11.8 Å². The van der Waals surface area contributed by atoms with Gasteiger partial charge in [-0.1, -0.05) is 0 Å². The smallest absolute Gasteiger partial charge is 0.316 e. The number of H-pyrrole nitrogens is 1. The number of nitrogens with zero attached hydrogens (tertiary/aromatic N) is 3. The van der Waals surface area contributed by atoms with Gasteiger partial charge < -0.3 is 24.7 Å². The second-order valence-electron chi connectivity index (χ2n) is 8.59. The van der Waals surface area contributed by atoms with Crippen LogP contribution in [0.3, 0.4) is 0 Å². The highest BCUT2D eigenvalue weighted by molar-refractivity contribution is 6.01. The van der Waals surface area contributed by atoms with Crippen LogP contribution in [0.1, 0.15) is 41.0 Å². The van der Waals surface area contributed by atoms with Gasteiger partial charge in [0.2, 0.25) is 0 Å². The highest BCUT2D eigenvalue weighted by atomic mass is 16.5. The van der Waals surface area contributed by atoms with E-state index in [9.17, 15) is 9.59 Å². The number of carbonyl (C=O) groups is 1. The number of nitrogens with one attached hydrogen (secondary N) is 2. The molecule has 0 spiro atoms. The molecule has 0 atom stereocenters. The van der Waals surface area contributed by atoms with E-state index in [1.165, 1.54) is 7.11 Å². The Morgan fingerprint density at radius 3 is 2.59 bits per heavy atom. The summed E-state index contributed by atoms with van der Waals surface area (Å²) in [5.74, 6) is 0.211. The zero-order valence-electron chi connectivity index (χ0n) is 20.1. The quantitative estimate of drug-likeness (QED) is 0.578. The number of methoxy groups -OCH3 is 1.